The van der Waals surface area contributed by atoms with Gasteiger partial charge in [0.25, 0.3) is 0 Å². The second kappa shape index (κ2) is 8.53. The van der Waals surface area contributed by atoms with Crippen molar-refractivity contribution in [2.24, 2.45) is 0 Å². The summed E-state index contributed by atoms with van der Waals surface area (Å²) >= 11 is 0. The highest BCUT2D eigenvalue weighted by molar-refractivity contribution is 5.90. The summed E-state index contributed by atoms with van der Waals surface area (Å²) in [4.78, 5) is 14.1. The number of anilines is 1. The summed E-state index contributed by atoms with van der Waals surface area (Å²) < 4.78 is 0. The molecule has 4 heteroatoms. The van der Waals surface area contributed by atoms with Crippen LogP contribution >= 0.6 is 0 Å². The lowest BCUT2D eigenvalue weighted by atomic mass is 10.1. The van der Waals surface area contributed by atoms with E-state index in [1.165, 1.54) is 0 Å². The quantitative estimate of drug-likeness (QED) is 0.794. The molecule has 0 aliphatic carbocycles. The lowest BCUT2D eigenvalue weighted by molar-refractivity contribution is 0.248. The molecule has 0 bridgehead atoms. The molecule has 19 heavy (non-hydrogen) atoms. The minimum Gasteiger partial charge on any atom is -0.337 e. The minimum atomic E-state index is -0.131. The maximum atomic E-state index is 11.8. The van der Waals surface area contributed by atoms with Gasteiger partial charge in [0.1, 0.15) is 0 Å². The number of likely N-dealkylation sites (N-methyl/N-ethyl adjacent to an activating group) is 1. The molecule has 0 aliphatic rings. The van der Waals surface area contributed by atoms with Gasteiger partial charge in [0.15, 0.2) is 0 Å². The molecule has 0 radical (unpaired) electrons. The van der Waals surface area contributed by atoms with Crippen molar-refractivity contribution in [2.75, 3.05) is 31.5 Å². The van der Waals surface area contributed by atoms with Gasteiger partial charge < -0.3 is 15.5 Å². The number of benzene rings is 1. The average molecular weight is 263 g/mol. The number of nitrogens with zero attached hydrogens (tertiary/aromatic N) is 1. The molecule has 0 saturated heterocycles. The van der Waals surface area contributed by atoms with Crippen molar-refractivity contribution in [1.29, 1.82) is 0 Å². The van der Waals surface area contributed by atoms with Crippen molar-refractivity contribution in [3.05, 3.63) is 29.8 Å². The Morgan fingerprint density at radius 1 is 1.16 bits per heavy atom. The minimum absolute atomic E-state index is 0.131. The van der Waals surface area contributed by atoms with Crippen molar-refractivity contribution in [3.63, 3.8) is 0 Å². The summed E-state index contributed by atoms with van der Waals surface area (Å²) in [6.45, 7) is 9.91. The van der Waals surface area contributed by atoms with Gasteiger partial charge in [-0.05, 0) is 31.1 Å². The third-order valence-corrected chi connectivity index (χ3v) is 3.25. The normalized spacial score (nSPS) is 10.5. The number of amides is 2. The Bertz CT molecular complexity index is 389. The van der Waals surface area contributed by atoms with Gasteiger partial charge >= 0.3 is 6.03 Å². The molecule has 0 unspecified atom stereocenters. The standard InChI is InChI=1S/C15H25N3O/c1-4-13-9-7-8-10-14(13)17-15(19)16-11-12-18(5-2)6-3/h7-10H,4-6,11-12H2,1-3H3,(H2,16,17,19). The molecule has 1 aromatic rings. The molecule has 2 N–H and O–H groups in total. The van der Waals surface area contributed by atoms with E-state index in [2.05, 4.69) is 36.3 Å². The predicted octanol–water partition coefficient (Wildman–Crippen LogP) is 2.71. The van der Waals surface area contributed by atoms with Crippen LogP contribution in [0, 0.1) is 0 Å². The predicted molar refractivity (Wildman–Crippen MR) is 80.6 cm³/mol. The lowest BCUT2D eigenvalue weighted by Gasteiger charge is -2.18. The van der Waals surface area contributed by atoms with E-state index in [0.717, 1.165) is 37.3 Å². The van der Waals surface area contributed by atoms with E-state index in [1.807, 2.05) is 24.3 Å². The number of para-hydroxylation sites is 1. The molecule has 2 amide bonds. The van der Waals surface area contributed by atoms with Crippen LogP contribution < -0.4 is 10.6 Å². The van der Waals surface area contributed by atoms with Gasteiger partial charge in [-0.2, -0.15) is 0 Å². The zero-order valence-electron chi connectivity index (χ0n) is 12.2. The van der Waals surface area contributed by atoms with Crippen LogP contribution in [0.3, 0.4) is 0 Å². The number of nitrogens with one attached hydrogen (secondary N) is 2. The van der Waals surface area contributed by atoms with E-state index >= 15 is 0 Å². The average Bonchev–Trinajstić information content (AvgIpc) is 2.44. The number of hydrogen-bond donors (Lipinski definition) is 2. The molecule has 4 nitrogen and oxygen atoms in total. The zero-order chi connectivity index (χ0) is 14.1. The zero-order valence-corrected chi connectivity index (χ0v) is 12.2. The fraction of sp³-hybridized carbons (Fsp3) is 0.533. The Kier molecular flexibility index (Phi) is 6.97. The number of rotatable bonds is 7. The molecule has 0 fully saturated rings. The highest BCUT2D eigenvalue weighted by Gasteiger charge is 2.05. The van der Waals surface area contributed by atoms with Crippen molar-refractivity contribution >= 4 is 11.7 Å². The van der Waals surface area contributed by atoms with Gasteiger partial charge in [0, 0.05) is 18.8 Å². The first-order chi connectivity index (χ1) is 9.21. The van der Waals surface area contributed by atoms with Crippen LogP contribution in [0.4, 0.5) is 10.5 Å². The molecule has 0 heterocycles. The van der Waals surface area contributed by atoms with Gasteiger partial charge in [-0.15, -0.1) is 0 Å². The first-order valence-electron chi connectivity index (χ1n) is 7.06. The van der Waals surface area contributed by atoms with Crippen molar-refractivity contribution in [2.45, 2.75) is 27.2 Å². The molecule has 106 valence electrons. The number of hydrogen-bond acceptors (Lipinski definition) is 2. The van der Waals surface area contributed by atoms with Gasteiger partial charge in [0.05, 0.1) is 0 Å². The van der Waals surface area contributed by atoms with Crippen LogP contribution in [-0.2, 0) is 6.42 Å². The molecule has 1 rings (SSSR count). The van der Waals surface area contributed by atoms with Crippen LogP contribution in [0.25, 0.3) is 0 Å². The van der Waals surface area contributed by atoms with Crippen molar-refractivity contribution < 1.29 is 4.79 Å². The van der Waals surface area contributed by atoms with Crippen molar-refractivity contribution in [1.82, 2.24) is 10.2 Å². The van der Waals surface area contributed by atoms with Crippen molar-refractivity contribution in [3.8, 4) is 0 Å². The largest absolute Gasteiger partial charge is 0.337 e. The molecule has 0 spiro atoms. The molecular formula is C15H25N3O. The van der Waals surface area contributed by atoms with E-state index in [4.69, 9.17) is 0 Å². The van der Waals surface area contributed by atoms with Gasteiger partial charge in [-0.3, -0.25) is 0 Å². The summed E-state index contributed by atoms with van der Waals surface area (Å²) in [6, 6.07) is 7.76. The highest BCUT2D eigenvalue weighted by Crippen LogP contribution is 2.14. The van der Waals surface area contributed by atoms with Gasteiger partial charge in [-0.1, -0.05) is 39.0 Å². The molecule has 0 atom stereocenters. The second-order valence-corrected chi connectivity index (χ2v) is 4.42. The summed E-state index contributed by atoms with van der Waals surface area (Å²) in [5, 5.41) is 5.79. The monoisotopic (exact) mass is 263 g/mol. The summed E-state index contributed by atoms with van der Waals surface area (Å²) in [5.74, 6) is 0. The second-order valence-electron chi connectivity index (χ2n) is 4.42. The topological polar surface area (TPSA) is 44.4 Å². The smallest absolute Gasteiger partial charge is 0.319 e. The SMILES string of the molecule is CCc1ccccc1NC(=O)NCCN(CC)CC. The van der Waals surface area contributed by atoms with Gasteiger partial charge in [-0.25, -0.2) is 4.79 Å². The van der Waals surface area contributed by atoms with E-state index in [1.54, 1.807) is 0 Å². The van der Waals surface area contributed by atoms with E-state index in [-0.39, 0.29) is 6.03 Å². The first kappa shape index (κ1) is 15.5. The summed E-state index contributed by atoms with van der Waals surface area (Å²) in [7, 11) is 0. The number of carbonyl (C=O) groups excluding carboxylic acids is 1. The highest BCUT2D eigenvalue weighted by atomic mass is 16.2. The fourth-order valence-electron chi connectivity index (χ4n) is 1.98. The first-order valence-corrected chi connectivity index (χ1v) is 7.06. The molecular weight excluding hydrogens is 238 g/mol. The molecule has 0 saturated carbocycles. The van der Waals surface area contributed by atoms with E-state index in [9.17, 15) is 4.79 Å². The summed E-state index contributed by atoms with van der Waals surface area (Å²) in [6.07, 6.45) is 0.913. The Hall–Kier alpha value is -1.55. The summed E-state index contributed by atoms with van der Waals surface area (Å²) in [5.41, 5.74) is 2.05. The Morgan fingerprint density at radius 2 is 1.84 bits per heavy atom. The third kappa shape index (κ3) is 5.30. The van der Waals surface area contributed by atoms with Crippen LogP contribution in [0.1, 0.15) is 26.3 Å². The van der Waals surface area contributed by atoms with Crippen LogP contribution in [0.2, 0.25) is 0 Å². The fourth-order valence-corrected chi connectivity index (χ4v) is 1.98. The van der Waals surface area contributed by atoms with E-state index < -0.39 is 0 Å². The van der Waals surface area contributed by atoms with Gasteiger partial charge in [0.2, 0.25) is 0 Å². The Morgan fingerprint density at radius 3 is 2.47 bits per heavy atom. The number of urea groups is 1. The number of carbonyl (C=O) groups is 1. The maximum absolute atomic E-state index is 11.8. The van der Waals surface area contributed by atoms with Crippen LogP contribution in [-0.4, -0.2) is 37.1 Å². The lowest BCUT2D eigenvalue weighted by Crippen LogP contribution is -2.37. The van der Waals surface area contributed by atoms with Crippen LogP contribution in [0.5, 0.6) is 0 Å². The van der Waals surface area contributed by atoms with Crippen LogP contribution in [0.15, 0.2) is 24.3 Å². The maximum Gasteiger partial charge on any atom is 0.319 e. The molecule has 1 aromatic carbocycles. The Balaban J connectivity index is 2.39. The number of aryl methyl sites for hydroxylation is 1. The molecule has 0 aromatic heterocycles. The van der Waals surface area contributed by atoms with E-state index in [0.29, 0.717) is 6.54 Å². The third-order valence-electron chi connectivity index (χ3n) is 3.25. The Labute approximate surface area is 116 Å². The molecule has 0 aliphatic heterocycles.